The predicted octanol–water partition coefficient (Wildman–Crippen LogP) is 3.62. The average Bonchev–Trinajstić information content (AvgIpc) is 2.30. The molecule has 0 bridgehead atoms. The molecule has 1 fully saturated rings. The molecule has 1 aromatic rings. The van der Waals surface area contributed by atoms with E-state index in [0.29, 0.717) is 12.0 Å². The second-order valence-corrected chi connectivity index (χ2v) is 5.05. The Morgan fingerprint density at radius 2 is 2.06 bits per heavy atom. The predicted molar refractivity (Wildman–Crippen MR) is 69.6 cm³/mol. The molecule has 0 heterocycles. The highest BCUT2D eigenvalue weighted by molar-refractivity contribution is 5.28. The largest absolute Gasteiger partial charge is 0.327 e. The highest BCUT2D eigenvalue weighted by Crippen LogP contribution is 2.32. The van der Waals surface area contributed by atoms with Crippen LogP contribution in [-0.4, -0.2) is 6.04 Å². The maximum Gasteiger partial charge on any atom is 0.0108 e. The average molecular weight is 217 g/mol. The van der Waals surface area contributed by atoms with E-state index in [1.54, 1.807) is 0 Å². The van der Waals surface area contributed by atoms with Crippen molar-refractivity contribution in [2.45, 2.75) is 57.4 Å². The monoisotopic (exact) mass is 217 g/mol. The van der Waals surface area contributed by atoms with Crippen LogP contribution in [0, 0.1) is 0 Å². The summed E-state index contributed by atoms with van der Waals surface area (Å²) in [7, 11) is 0. The molecule has 0 aliphatic heterocycles. The fourth-order valence-electron chi connectivity index (χ4n) is 2.84. The Morgan fingerprint density at radius 1 is 1.25 bits per heavy atom. The van der Waals surface area contributed by atoms with Crippen LogP contribution in [0.4, 0.5) is 0 Å². The van der Waals surface area contributed by atoms with Crippen molar-refractivity contribution in [2.24, 2.45) is 5.73 Å². The first kappa shape index (κ1) is 11.7. The summed E-state index contributed by atoms with van der Waals surface area (Å²) in [6.45, 7) is 2.24. The second kappa shape index (κ2) is 5.49. The zero-order chi connectivity index (χ0) is 11.4. The molecule has 0 radical (unpaired) electrons. The molecule has 1 aliphatic carbocycles. The molecule has 1 heteroatoms. The van der Waals surface area contributed by atoms with Crippen molar-refractivity contribution < 1.29 is 0 Å². The highest BCUT2D eigenvalue weighted by Gasteiger charge is 2.23. The molecule has 1 saturated carbocycles. The molecule has 0 amide bonds. The van der Waals surface area contributed by atoms with Gasteiger partial charge in [-0.1, -0.05) is 50.5 Å². The Morgan fingerprint density at radius 3 is 2.81 bits per heavy atom. The van der Waals surface area contributed by atoms with Gasteiger partial charge < -0.3 is 5.73 Å². The number of rotatable bonds is 3. The highest BCUT2D eigenvalue weighted by atomic mass is 14.7. The quantitative estimate of drug-likeness (QED) is 0.822. The third kappa shape index (κ3) is 2.65. The first-order valence-corrected chi connectivity index (χ1v) is 6.65. The van der Waals surface area contributed by atoms with Crippen LogP contribution in [0.2, 0.25) is 0 Å². The van der Waals surface area contributed by atoms with Crippen LogP contribution in [0.15, 0.2) is 24.3 Å². The molecule has 2 unspecified atom stereocenters. The third-order valence-corrected chi connectivity index (χ3v) is 3.74. The number of nitrogens with two attached hydrogens (primary N) is 1. The van der Waals surface area contributed by atoms with Crippen molar-refractivity contribution in [3.8, 4) is 0 Å². The number of hydrogen-bond acceptors (Lipinski definition) is 1. The van der Waals surface area contributed by atoms with Gasteiger partial charge in [0.1, 0.15) is 0 Å². The van der Waals surface area contributed by atoms with Crippen molar-refractivity contribution in [1.82, 2.24) is 0 Å². The number of hydrogen-bond donors (Lipinski definition) is 1. The fourth-order valence-corrected chi connectivity index (χ4v) is 2.84. The van der Waals surface area contributed by atoms with Crippen LogP contribution in [0.25, 0.3) is 0 Å². The Bertz CT molecular complexity index is 332. The molecule has 0 aromatic heterocycles. The van der Waals surface area contributed by atoms with Crippen molar-refractivity contribution in [2.75, 3.05) is 0 Å². The molecule has 0 saturated heterocycles. The molecule has 1 aliphatic rings. The first-order chi connectivity index (χ1) is 7.81. The van der Waals surface area contributed by atoms with Gasteiger partial charge in [-0.25, -0.2) is 0 Å². The van der Waals surface area contributed by atoms with Crippen molar-refractivity contribution in [3.63, 3.8) is 0 Å². The third-order valence-electron chi connectivity index (χ3n) is 3.74. The molecular formula is C15H23N. The van der Waals surface area contributed by atoms with Gasteiger partial charge in [0.2, 0.25) is 0 Å². The van der Waals surface area contributed by atoms with Crippen molar-refractivity contribution >= 4 is 0 Å². The molecule has 2 atom stereocenters. The van der Waals surface area contributed by atoms with Crippen molar-refractivity contribution in [1.29, 1.82) is 0 Å². The maximum atomic E-state index is 6.24. The van der Waals surface area contributed by atoms with Crippen LogP contribution in [0.5, 0.6) is 0 Å². The van der Waals surface area contributed by atoms with Gasteiger partial charge in [0.05, 0.1) is 0 Å². The van der Waals surface area contributed by atoms with Crippen LogP contribution < -0.4 is 5.73 Å². The van der Waals surface area contributed by atoms with E-state index >= 15 is 0 Å². The lowest BCUT2D eigenvalue weighted by Gasteiger charge is -2.29. The van der Waals surface area contributed by atoms with Gasteiger partial charge in [-0.2, -0.15) is 0 Å². The molecule has 2 rings (SSSR count). The van der Waals surface area contributed by atoms with E-state index in [2.05, 4.69) is 31.2 Å². The zero-order valence-corrected chi connectivity index (χ0v) is 10.3. The summed E-state index contributed by atoms with van der Waals surface area (Å²) in [6.07, 6.45) is 7.54. The standard InChI is InChI=1S/C15H23N/c1-2-6-12-7-5-8-13(11-12)14-9-3-4-10-15(14)16/h5,7-8,11,14-15H,2-4,6,9-10,16H2,1H3. The van der Waals surface area contributed by atoms with Gasteiger partial charge >= 0.3 is 0 Å². The summed E-state index contributed by atoms with van der Waals surface area (Å²) in [5, 5.41) is 0. The smallest absolute Gasteiger partial charge is 0.0108 e. The minimum absolute atomic E-state index is 0.380. The number of benzene rings is 1. The lowest BCUT2D eigenvalue weighted by molar-refractivity contribution is 0.385. The van der Waals surface area contributed by atoms with E-state index < -0.39 is 0 Å². The second-order valence-electron chi connectivity index (χ2n) is 5.05. The van der Waals surface area contributed by atoms with Gasteiger partial charge in [-0.3, -0.25) is 0 Å². The van der Waals surface area contributed by atoms with Crippen molar-refractivity contribution in [3.05, 3.63) is 35.4 Å². The van der Waals surface area contributed by atoms with Crippen LogP contribution in [0.1, 0.15) is 56.1 Å². The summed E-state index contributed by atoms with van der Waals surface area (Å²) < 4.78 is 0. The minimum Gasteiger partial charge on any atom is -0.327 e. The summed E-state index contributed by atoms with van der Waals surface area (Å²) in [4.78, 5) is 0. The molecule has 0 spiro atoms. The van der Waals surface area contributed by atoms with Gasteiger partial charge in [0.15, 0.2) is 0 Å². The van der Waals surface area contributed by atoms with E-state index in [1.165, 1.54) is 49.7 Å². The van der Waals surface area contributed by atoms with E-state index in [9.17, 15) is 0 Å². The Labute approximate surface area is 99.0 Å². The minimum atomic E-state index is 0.380. The lowest BCUT2D eigenvalue weighted by Crippen LogP contribution is -2.31. The van der Waals surface area contributed by atoms with E-state index in [1.807, 2.05) is 0 Å². The van der Waals surface area contributed by atoms with Crippen LogP contribution in [0.3, 0.4) is 0 Å². The molecule has 2 N–H and O–H groups in total. The summed E-state index contributed by atoms with van der Waals surface area (Å²) in [5.74, 6) is 0.602. The summed E-state index contributed by atoms with van der Waals surface area (Å²) in [6, 6.07) is 9.45. The van der Waals surface area contributed by atoms with Crippen LogP contribution >= 0.6 is 0 Å². The summed E-state index contributed by atoms with van der Waals surface area (Å²) in [5.41, 5.74) is 9.18. The Balaban J connectivity index is 2.15. The Hall–Kier alpha value is -0.820. The van der Waals surface area contributed by atoms with E-state index in [0.717, 1.165) is 0 Å². The van der Waals surface area contributed by atoms with Gasteiger partial charge in [-0.05, 0) is 36.3 Å². The Kier molecular flexibility index (Phi) is 4.00. The topological polar surface area (TPSA) is 26.0 Å². The summed E-state index contributed by atoms with van der Waals surface area (Å²) >= 11 is 0. The van der Waals surface area contributed by atoms with Gasteiger partial charge in [0.25, 0.3) is 0 Å². The van der Waals surface area contributed by atoms with Gasteiger partial charge in [-0.15, -0.1) is 0 Å². The molecule has 88 valence electrons. The number of aryl methyl sites for hydroxylation is 1. The molecule has 16 heavy (non-hydrogen) atoms. The molecular weight excluding hydrogens is 194 g/mol. The molecule has 1 aromatic carbocycles. The lowest BCUT2D eigenvalue weighted by atomic mass is 9.80. The zero-order valence-electron chi connectivity index (χ0n) is 10.3. The SMILES string of the molecule is CCCc1cccc(C2CCCCC2N)c1. The first-order valence-electron chi connectivity index (χ1n) is 6.65. The van der Waals surface area contributed by atoms with Crippen LogP contribution in [-0.2, 0) is 6.42 Å². The normalized spacial score (nSPS) is 25.6. The molecule has 1 nitrogen and oxygen atoms in total. The van der Waals surface area contributed by atoms with E-state index in [-0.39, 0.29) is 0 Å². The fraction of sp³-hybridized carbons (Fsp3) is 0.600. The van der Waals surface area contributed by atoms with E-state index in [4.69, 9.17) is 5.73 Å². The van der Waals surface area contributed by atoms with Gasteiger partial charge in [0, 0.05) is 6.04 Å². The maximum absolute atomic E-state index is 6.24.